The fourth-order valence-electron chi connectivity index (χ4n) is 3.09. The third-order valence-corrected chi connectivity index (χ3v) is 5.03. The molecule has 3 rings (SSSR count). The molecule has 182 valence electrons. The number of benzene rings is 2. The standard InChI is InChI=1S/C19H16F8N2O4/c20-15(21)5-6-16(22,32-9-1-3-13(30)11(28)7-9)18(25,26)19(27,17(15,23)24)33-10-2-4-14(31)12(29)8-10/h1-4,7-8,30-31H,5-6,28-29H2. The smallest absolute Gasteiger partial charge is 0.390 e. The van der Waals surface area contributed by atoms with Crippen molar-refractivity contribution in [2.45, 2.75) is 42.3 Å². The third kappa shape index (κ3) is 3.56. The summed E-state index contributed by atoms with van der Waals surface area (Å²) >= 11 is 0. The lowest BCUT2D eigenvalue weighted by Crippen LogP contribution is -2.71. The zero-order valence-corrected chi connectivity index (χ0v) is 16.3. The first-order valence-electron chi connectivity index (χ1n) is 9.04. The van der Waals surface area contributed by atoms with Crippen LogP contribution in [-0.4, -0.2) is 39.7 Å². The Morgan fingerprint density at radius 3 is 1.58 bits per heavy atom. The van der Waals surface area contributed by atoms with Crippen molar-refractivity contribution in [2.75, 3.05) is 11.5 Å². The lowest BCUT2D eigenvalue weighted by atomic mass is 9.96. The zero-order valence-electron chi connectivity index (χ0n) is 16.3. The molecule has 6 N–H and O–H groups in total. The van der Waals surface area contributed by atoms with Crippen LogP contribution in [0, 0.1) is 0 Å². The van der Waals surface area contributed by atoms with Crippen LogP contribution in [0.1, 0.15) is 12.8 Å². The van der Waals surface area contributed by atoms with Gasteiger partial charge in [0.2, 0.25) is 0 Å². The number of anilines is 2. The number of nitrogens with two attached hydrogens (primary N) is 2. The predicted molar refractivity (Wildman–Crippen MR) is 98.0 cm³/mol. The number of hydrogen-bond acceptors (Lipinski definition) is 6. The van der Waals surface area contributed by atoms with E-state index in [1.165, 1.54) is 0 Å². The molecule has 0 aliphatic heterocycles. The minimum absolute atomic E-state index is 0.396. The molecule has 2 atom stereocenters. The van der Waals surface area contributed by atoms with Crippen LogP contribution in [0.3, 0.4) is 0 Å². The highest BCUT2D eigenvalue weighted by Gasteiger charge is 2.89. The molecule has 0 spiro atoms. The number of phenols is 2. The second-order valence-electron chi connectivity index (χ2n) is 7.32. The van der Waals surface area contributed by atoms with E-state index in [2.05, 4.69) is 9.47 Å². The van der Waals surface area contributed by atoms with Gasteiger partial charge in [0.25, 0.3) is 0 Å². The Hall–Kier alpha value is -3.32. The molecule has 2 aromatic carbocycles. The van der Waals surface area contributed by atoms with Crippen molar-refractivity contribution >= 4 is 11.4 Å². The first-order chi connectivity index (χ1) is 15.0. The second kappa shape index (κ2) is 7.35. The molecule has 1 saturated carbocycles. The predicted octanol–water partition coefficient (Wildman–Crippen LogP) is 4.75. The molecule has 0 saturated heterocycles. The summed E-state index contributed by atoms with van der Waals surface area (Å²) in [5, 5.41) is 18.7. The zero-order chi connectivity index (χ0) is 25.0. The number of hydrogen-bond donors (Lipinski definition) is 4. The van der Waals surface area contributed by atoms with E-state index < -0.39 is 76.7 Å². The van der Waals surface area contributed by atoms with Gasteiger partial charge in [-0.3, -0.25) is 0 Å². The van der Waals surface area contributed by atoms with Crippen LogP contribution in [-0.2, 0) is 0 Å². The summed E-state index contributed by atoms with van der Waals surface area (Å²) < 4.78 is 127. The highest BCUT2D eigenvalue weighted by molar-refractivity contribution is 5.56. The topological polar surface area (TPSA) is 111 Å². The number of nitrogen functional groups attached to an aromatic ring is 2. The van der Waals surface area contributed by atoms with Crippen molar-refractivity contribution in [1.29, 1.82) is 0 Å². The first kappa shape index (κ1) is 24.3. The number of rotatable bonds is 4. The lowest BCUT2D eigenvalue weighted by molar-refractivity contribution is -0.406. The molecule has 1 fully saturated rings. The van der Waals surface area contributed by atoms with Gasteiger partial charge in [0, 0.05) is 25.0 Å². The lowest BCUT2D eigenvalue weighted by Gasteiger charge is -2.42. The van der Waals surface area contributed by atoms with Crippen molar-refractivity contribution in [3.8, 4) is 23.0 Å². The largest absolute Gasteiger partial charge is 0.506 e. The molecule has 0 aromatic heterocycles. The summed E-state index contributed by atoms with van der Waals surface area (Å²) in [6.45, 7) is 0. The van der Waals surface area contributed by atoms with E-state index in [1.807, 2.05) is 0 Å². The van der Waals surface area contributed by atoms with Crippen LogP contribution < -0.4 is 20.9 Å². The normalized spacial score (nSPS) is 28.0. The molecule has 33 heavy (non-hydrogen) atoms. The maximum absolute atomic E-state index is 15.5. The molecule has 0 amide bonds. The van der Waals surface area contributed by atoms with Gasteiger partial charge in [-0.2, -0.15) is 35.1 Å². The maximum Gasteiger partial charge on any atom is 0.390 e. The molecular formula is C19H16F8N2O4. The number of ether oxygens (including phenoxy) is 2. The summed E-state index contributed by atoms with van der Waals surface area (Å²) in [4.78, 5) is 0. The van der Waals surface area contributed by atoms with Crippen molar-refractivity contribution < 1.29 is 54.8 Å². The Labute approximate surface area is 180 Å². The molecule has 6 nitrogen and oxygen atoms in total. The summed E-state index contributed by atoms with van der Waals surface area (Å²) in [5.41, 5.74) is 9.40. The monoisotopic (exact) mass is 488 g/mol. The van der Waals surface area contributed by atoms with E-state index >= 15 is 17.6 Å². The van der Waals surface area contributed by atoms with Crippen LogP contribution in [0.5, 0.6) is 23.0 Å². The van der Waals surface area contributed by atoms with Crippen LogP contribution in [0.4, 0.5) is 46.5 Å². The van der Waals surface area contributed by atoms with Gasteiger partial charge in [0.15, 0.2) is 0 Å². The number of aromatic hydroxyl groups is 2. The molecule has 0 bridgehead atoms. The summed E-state index contributed by atoms with van der Waals surface area (Å²) in [7, 11) is 0. The van der Waals surface area contributed by atoms with Gasteiger partial charge in [-0.15, -0.1) is 0 Å². The van der Waals surface area contributed by atoms with E-state index in [0.29, 0.717) is 30.3 Å². The Bertz CT molecular complexity index is 1070. The Morgan fingerprint density at radius 1 is 0.667 bits per heavy atom. The van der Waals surface area contributed by atoms with Gasteiger partial charge in [0.1, 0.15) is 23.0 Å². The van der Waals surface area contributed by atoms with E-state index in [0.717, 1.165) is 6.07 Å². The molecular weight excluding hydrogens is 472 g/mol. The summed E-state index contributed by atoms with van der Waals surface area (Å²) in [5.74, 6) is -32.1. The Balaban J connectivity index is 2.16. The SMILES string of the molecule is Nc1cc(OC2(F)CCC(F)(F)C(F)(F)C(F)(Oc3ccc(O)c(N)c3)C2(F)F)ccc1O. The number of phenolic OH excluding ortho intramolecular Hbond substituents is 2. The molecule has 2 unspecified atom stereocenters. The average Bonchev–Trinajstić information content (AvgIpc) is 2.73. The second-order valence-corrected chi connectivity index (χ2v) is 7.32. The quantitative estimate of drug-likeness (QED) is 0.214. The van der Waals surface area contributed by atoms with E-state index in [9.17, 15) is 27.8 Å². The van der Waals surface area contributed by atoms with Crippen molar-refractivity contribution in [2.24, 2.45) is 0 Å². The Morgan fingerprint density at radius 2 is 1.12 bits per heavy atom. The van der Waals surface area contributed by atoms with Crippen molar-refractivity contribution in [3.05, 3.63) is 36.4 Å². The average molecular weight is 488 g/mol. The highest BCUT2D eigenvalue weighted by Crippen LogP contribution is 2.61. The summed E-state index contributed by atoms with van der Waals surface area (Å²) in [6, 6.07) is 3.51. The van der Waals surface area contributed by atoms with Gasteiger partial charge in [-0.05, 0) is 24.3 Å². The molecule has 1 aliphatic rings. The fraction of sp³-hybridized carbons (Fsp3) is 0.368. The highest BCUT2D eigenvalue weighted by atomic mass is 19.3. The molecule has 14 heteroatoms. The molecule has 1 aliphatic carbocycles. The molecule has 2 aromatic rings. The van der Waals surface area contributed by atoms with Crippen LogP contribution in [0.2, 0.25) is 0 Å². The molecule has 0 heterocycles. The van der Waals surface area contributed by atoms with Gasteiger partial charge in [0.05, 0.1) is 11.4 Å². The Kier molecular flexibility index (Phi) is 5.42. The maximum atomic E-state index is 15.5. The molecule has 0 radical (unpaired) electrons. The van der Waals surface area contributed by atoms with Crippen LogP contribution in [0.15, 0.2) is 36.4 Å². The van der Waals surface area contributed by atoms with E-state index in [1.54, 1.807) is 0 Å². The third-order valence-electron chi connectivity index (χ3n) is 5.03. The van der Waals surface area contributed by atoms with Crippen LogP contribution in [0.25, 0.3) is 0 Å². The van der Waals surface area contributed by atoms with Gasteiger partial charge >= 0.3 is 29.5 Å². The minimum atomic E-state index is -6.28. The van der Waals surface area contributed by atoms with Gasteiger partial charge in [-0.25, -0.2) is 0 Å². The van der Waals surface area contributed by atoms with Crippen LogP contribution >= 0.6 is 0 Å². The minimum Gasteiger partial charge on any atom is -0.506 e. The van der Waals surface area contributed by atoms with Gasteiger partial charge < -0.3 is 31.2 Å². The first-order valence-corrected chi connectivity index (χ1v) is 9.04. The number of halogens is 8. The summed E-state index contributed by atoms with van der Waals surface area (Å²) in [6.07, 6.45) is -4.34. The van der Waals surface area contributed by atoms with Crippen molar-refractivity contribution in [1.82, 2.24) is 0 Å². The van der Waals surface area contributed by atoms with Crippen molar-refractivity contribution in [3.63, 3.8) is 0 Å². The van der Waals surface area contributed by atoms with E-state index in [4.69, 9.17) is 11.5 Å². The fourth-order valence-corrected chi connectivity index (χ4v) is 3.09. The van der Waals surface area contributed by atoms with Gasteiger partial charge in [-0.1, -0.05) is 0 Å². The number of alkyl halides is 8. The van der Waals surface area contributed by atoms with E-state index in [-0.39, 0.29) is 0 Å².